The summed E-state index contributed by atoms with van der Waals surface area (Å²) in [5.41, 5.74) is 7.51. The highest BCUT2D eigenvalue weighted by molar-refractivity contribution is 5.78. The lowest BCUT2D eigenvalue weighted by Crippen LogP contribution is -2.35. The van der Waals surface area contributed by atoms with Crippen LogP contribution in [0.4, 0.5) is 0 Å². The molecule has 3 heteroatoms. The molecule has 2 N–H and O–H groups in total. The molecular formula is C13H23N3. The number of nitrogens with zero attached hydrogens (tertiary/aromatic N) is 2. The van der Waals surface area contributed by atoms with Gasteiger partial charge in [0.25, 0.3) is 0 Å². The molecule has 0 aliphatic heterocycles. The van der Waals surface area contributed by atoms with Gasteiger partial charge in [-0.25, -0.2) is 0 Å². The minimum Gasteiger partial charge on any atom is -0.370 e. The fourth-order valence-electron chi connectivity index (χ4n) is 2.21. The number of allylic oxidation sites excluding steroid dienone is 1. The minimum absolute atomic E-state index is 0.664. The van der Waals surface area contributed by atoms with Gasteiger partial charge in [0, 0.05) is 19.6 Å². The zero-order valence-electron chi connectivity index (χ0n) is 10.3. The molecule has 0 saturated heterocycles. The summed E-state index contributed by atoms with van der Waals surface area (Å²) in [7, 11) is 2.05. The Labute approximate surface area is 98.4 Å². The van der Waals surface area contributed by atoms with Crippen molar-refractivity contribution in [3.05, 3.63) is 11.6 Å². The predicted octanol–water partition coefficient (Wildman–Crippen LogP) is 2.29. The van der Waals surface area contributed by atoms with E-state index in [1.807, 2.05) is 0 Å². The Bertz CT molecular complexity index is 290. The number of aliphatic imine (C=N–C) groups is 1. The monoisotopic (exact) mass is 221 g/mol. The van der Waals surface area contributed by atoms with Crippen LogP contribution in [-0.2, 0) is 0 Å². The Balaban J connectivity index is 1.72. The summed E-state index contributed by atoms with van der Waals surface area (Å²) in [6.07, 6.45) is 11.3. The van der Waals surface area contributed by atoms with E-state index in [0.29, 0.717) is 6.04 Å². The molecule has 16 heavy (non-hydrogen) atoms. The molecule has 0 heterocycles. The van der Waals surface area contributed by atoms with E-state index in [9.17, 15) is 0 Å². The van der Waals surface area contributed by atoms with Crippen molar-refractivity contribution in [1.82, 2.24) is 4.90 Å². The van der Waals surface area contributed by atoms with Gasteiger partial charge in [-0.15, -0.1) is 0 Å². The maximum atomic E-state index is 5.93. The predicted molar refractivity (Wildman–Crippen MR) is 68.4 cm³/mol. The standard InChI is InChI=1S/C13H23N3/c1-16(12-7-8-12)13(14)15-10-9-11-5-3-2-4-6-11/h5,12H,2-4,6-10H2,1H3,(H2,14,15). The number of rotatable bonds is 4. The summed E-state index contributed by atoms with van der Waals surface area (Å²) in [5, 5.41) is 0. The summed E-state index contributed by atoms with van der Waals surface area (Å²) in [6.45, 7) is 0.856. The molecule has 2 aliphatic rings. The topological polar surface area (TPSA) is 41.6 Å². The Morgan fingerprint density at radius 2 is 2.31 bits per heavy atom. The van der Waals surface area contributed by atoms with Crippen LogP contribution in [0.5, 0.6) is 0 Å². The number of hydrogen-bond acceptors (Lipinski definition) is 1. The fraction of sp³-hybridized carbons (Fsp3) is 0.769. The van der Waals surface area contributed by atoms with E-state index in [1.54, 1.807) is 5.57 Å². The van der Waals surface area contributed by atoms with E-state index in [1.165, 1.54) is 38.5 Å². The molecule has 0 atom stereocenters. The minimum atomic E-state index is 0.664. The maximum Gasteiger partial charge on any atom is 0.191 e. The third-order valence-corrected chi connectivity index (χ3v) is 3.55. The molecular weight excluding hydrogens is 198 g/mol. The largest absolute Gasteiger partial charge is 0.370 e. The van der Waals surface area contributed by atoms with Gasteiger partial charge in [0.05, 0.1) is 0 Å². The summed E-state index contributed by atoms with van der Waals surface area (Å²) < 4.78 is 0. The molecule has 0 amide bonds. The highest BCUT2D eigenvalue weighted by Gasteiger charge is 2.27. The Morgan fingerprint density at radius 1 is 1.50 bits per heavy atom. The first kappa shape index (κ1) is 11.5. The molecule has 1 saturated carbocycles. The Kier molecular flexibility index (Phi) is 3.86. The molecule has 0 bridgehead atoms. The van der Waals surface area contributed by atoms with E-state index in [-0.39, 0.29) is 0 Å². The third kappa shape index (κ3) is 3.26. The van der Waals surface area contributed by atoms with Crippen molar-refractivity contribution in [1.29, 1.82) is 0 Å². The number of guanidine groups is 1. The SMILES string of the molecule is CN(C(N)=NCCC1=CCCCC1)C1CC1. The molecule has 90 valence electrons. The zero-order chi connectivity index (χ0) is 11.4. The molecule has 3 nitrogen and oxygen atoms in total. The number of hydrogen-bond donors (Lipinski definition) is 1. The smallest absolute Gasteiger partial charge is 0.191 e. The second-order valence-corrected chi connectivity index (χ2v) is 4.94. The lowest BCUT2D eigenvalue weighted by molar-refractivity contribution is 0.487. The van der Waals surface area contributed by atoms with E-state index in [4.69, 9.17) is 5.73 Å². The molecule has 0 aromatic heterocycles. The van der Waals surface area contributed by atoms with Gasteiger partial charge < -0.3 is 10.6 Å². The lowest BCUT2D eigenvalue weighted by Gasteiger charge is -2.17. The Hall–Kier alpha value is -0.990. The van der Waals surface area contributed by atoms with Crippen LogP contribution in [0.15, 0.2) is 16.6 Å². The van der Waals surface area contributed by atoms with E-state index in [0.717, 1.165) is 18.9 Å². The first-order valence-electron chi connectivity index (χ1n) is 6.48. The van der Waals surface area contributed by atoms with Crippen molar-refractivity contribution in [3.63, 3.8) is 0 Å². The fourth-order valence-corrected chi connectivity index (χ4v) is 2.21. The molecule has 0 unspecified atom stereocenters. The van der Waals surface area contributed by atoms with Crippen LogP contribution in [0.1, 0.15) is 44.9 Å². The van der Waals surface area contributed by atoms with Crippen molar-refractivity contribution in [2.45, 2.75) is 51.0 Å². The maximum absolute atomic E-state index is 5.93. The summed E-state index contributed by atoms with van der Waals surface area (Å²) >= 11 is 0. The summed E-state index contributed by atoms with van der Waals surface area (Å²) in [5.74, 6) is 0.721. The van der Waals surface area contributed by atoms with Crippen LogP contribution in [0.2, 0.25) is 0 Å². The third-order valence-electron chi connectivity index (χ3n) is 3.55. The van der Waals surface area contributed by atoms with Gasteiger partial charge in [0.15, 0.2) is 5.96 Å². The normalized spacial score (nSPS) is 21.8. The van der Waals surface area contributed by atoms with Crippen LogP contribution in [0.3, 0.4) is 0 Å². The van der Waals surface area contributed by atoms with Crippen molar-refractivity contribution < 1.29 is 0 Å². The highest BCUT2D eigenvalue weighted by atomic mass is 15.3. The molecule has 0 aromatic rings. The van der Waals surface area contributed by atoms with Crippen LogP contribution < -0.4 is 5.73 Å². The van der Waals surface area contributed by atoms with Gasteiger partial charge in [-0.2, -0.15) is 0 Å². The molecule has 0 spiro atoms. The van der Waals surface area contributed by atoms with Crippen LogP contribution in [0.25, 0.3) is 0 Å². The van der Waals surface area contributed by atoms with Crippen LogP contribution in [-0.4, -0.2) is 30.5 Å². The first-order valence-corrected chi connectivity index (χ1v) is 6.48. The average molecular weight is 221 g/mol. The molecule has 2 rings (SSSR count). The van der Waals surface area contributed by atoms with Gasteiger partial charge in [0.2, 0.25) is 0 Å². The van der Waals surface area contributed by atoms with Gasteiger partial charge in [-0.1, -0.05) is 11.6 Å². The van der Waals surface area contributed by atoms with Crippen molar-refractivity contribution >= 4 is 5.96 Å². The van der Waals surface area contributed by atoms with Crippen molar-refractivity contribution in [2.75, 3.05) is 13.6 Å². The molecule has 2 aliphatic carbocycles. The lowest BCUT2D eigenvalue weighted by atomic mass is 9.97. The van der Waals surface area contributed by atoms with Gasteiger partial charge in [-0.05, 0) is 44.9 Å². The highest BCUT2D eigenvalue weighted by Crippen LogP contribution is 2.25. The quantitative estimate of drug-likeness (QED) is 0.449. The molecule has 0 aromatic carbocycles. The molecule has 0 radical (unpaired) electrons. The first-order chi connectivity index (χ1) is 7.77. The number of nitrogens with two attached hydrogens (primary N) is 1. The van der Waals surface area contributed by atoms with Crippen LogP contribution >= 0.6 is 0 Å². The summed E-state index contributed by atoms with van der Waals surface area (Å²) in [4.78, 5) is 6.58. The average Bonchev–Trinajstić information content (AvgIpc) is 3.13. The molecule has 1 fully saturated rings. The van der Waals surface area contributed by atoms with E-state index < -0.39 is 0 Å². The summed E-state index contributed by atoms with van der Waals surface area (Å²) in [6, 6.07) is 0.664. The second-order valence-electron chi connectivity index (χ2n) is 4.94. The van der Waals surface area contributed by atoms with Crippen LogP contribution in [0, 0.1) is 0 Å². The second kappa shape index (κ2) is 5.37. The Morgan fingerprint density at radius 3 is 2.94 bits per heavy atom. The van der Waals surface area contributed by atoms with Gasteiger partial charge >= 0.3 is 0 Å². The van der Waals surface area contributed by atoms with Gasteiger partial charge in [-0.3, -0.25) is 4.99 Å². The van der Waals surface area contributed by atoms with E-state index >= 15 is 0 Å². The van der Waals surface area contributed by atoms with Gasteiger partial charge in [0.1, 0.15) is 0 Å². The van der Waals surface area contributed by atoms with Crippen molar-refractivity contribution in [2.24, 2.45) is 10.7 Å². The van der Waals surface area contributed by atoms with E-state index in [2.05, 4.69) is 23.0 Å². The zero-order valence-corrected chi connectivity index (χ0v) is 10.3. The van der Waals surface area contributed by atoms with Crippen molar-refractivity contribution in [3.8, 4) is 0 Å².